The minimum atomic E-state index is 0. The Morgan fingerprint density at radius 2 is 2.07 bits per heavy atom. The van der Waals surface area contributed by atoms with Crippen LogP contribution in [0.2, 0.25) is 0 Å². The van der Waals surface area contributed by atoms with Crippen molar-refractivity contribution in [3.63, 3.8) is 0 Å². The molecule has 4 nitrogen and oxygen atoms in total. The second-order valence-corrected chi connectivity index (χ2v) is 2.33. The van der Waals surface area contributed by atoms with Gasteiger partial charge in [0.15, 0.2) is 0 Å². The second-order valence-electron chi connectivity index (χ2n) is 2.33. The van der Waals surface area contributed by atoms with Gasteiger partial charge in [-0.2, -0.15) is 5.48 Å². The average molecular weight is 374 g/mol. The maximum atomic E-state index is 5.07. The maximum absolute atomic E-state index is 5.07. The van der Waals surface area contributed by atoms with Crippen LogP contribution in [0, 0.1) is 14.4 Å². The Hall–Kier alpha value is 0.528. The van der Waals surface area contributed by atoms with Crippen molar-refractivity contribution in [2.75, 3.05) is 26.6 Å². The standard InChI is InChI=1S/C8H19N2O2.CH3.W/c1-3-5-6-12-10-7-9-8-11-4-2;;/h9-10H,2-8H2,1H3;1H3;/q2*-1;+2. The van der Waals surface area contributed by atoms with Crippen LogP contribution in [0.4, 0.5) is 0 Å². The molecule has 86 valence electrons. The third-order valence-corrected chi connectivity index (χ3v) is 1.25. The monoisotopic (exact) mass is 374 g/mol. The predicted molar refractivity (Wildman–Crippen MR) is 54.6 cm³/mol. The molecule has 0 fully saturated rings. The van der Waals surface area contributed by atoms with E-state index < -0.39 is 0 Å². The molecule has 0 saturated carbocycles. The topological polar surface area (TPSA) is 42.5 Å². The molecule has 0 unspecified atom stereocenters. The molecule has 0 atom stereocenters. The Morgan fingerprint density at radius 3 is 2.64 bits per heavy atom. The molecular formula is C9H22N2O2W. The molecule has 0 aromatic heterocycles. The van der Waals surface area contributed by atoms with Gasteiger partial charge in [0.05, 0.1) is 20.0 Å². The summed E-state index contributed by atoms with van der Waals surface area (Å²) in [6.07, 6.45) is 2.24. The van der Waals surface area contributed by atoms with E-state index >= 15 is 0 Å². The van der Waals surface area contributed by atoms with E-state index in [9.17, 15) is 0 Å². The predicted octanol–water partition coefficient (Wildman–Crippen LogP) is 1.11. The van der Waals surface area contributed by atoms with Gasteiger partial charge in [0.1, 0.15) is 0 Å². The molecular weight excluding hydrogens is 352 g/mol. The molecule has 0 aliphatic carbocycles. The first-order valence-corrected chi connectivity index (χ1v) is 4.34. The Morgan fingerprint density at radius 1 is 1.36 bits per heavy atom. The van der Waals surface area contributed by atoms with Gasteiger partial charge in [0.25, 0.3) is 0 Å². The fraction of sp³-hybridized carbons (Fsp3) is 0.778. The molecule has 0 spiro atoms. The van der Waals surface area contributed by atoms with Crippen molar-refractivity contribution in [1.29, 1.82) is 0 Å². The Balaban J connectivity index is -0.000000605. The summed E-state index contributed by atoms with van der Waals surface area (Å²) in [5.41, 5.74) is 2.77. The Kier molecular flexibility index (Phi) is 27.4. The van der Waals surface area contributed by atoms with Gasteiger partial charge >= 0.3 is 21.1 Å². The van der Waals surface area contributed by atoms with Gasteiger partial charge in [0, 0.05) is 0 Å². The van der Waals surface area contributed by atoms with E-state index in [0.717, 1.165) is 19.4 Å². The van der Waals surface area contributed by atoms with Crippen LogP contribution in [0.25, 0.3) is 0 Å². The van der Waals surface area contributed by atoms with Crippen molar-refractivity contribution in [3.05, 3.63) is 14.4 Å². The maximum Gasteiger partial charge on any atom is 2.00 e. The van der Waals surface area contributed by atoms with Crippen LogP contribution in [0.15, 0.2) is 0 Å². The molecule has 0 saturated heterocycles. The molecule has 0 heterocycles. The molecule has 0 amide bonds. The molecule has 14 heavy (non-hydrogen) atoms. The summed E-state index contributed by atoms with van der Waals surface area (Å²) in [6.45, 7) is 8.02. The van der Waals surface area contributed by atoms with Crippen molar-refractivity contribution in [3.8, 4) is 0 Å². The van der Waals surface area contributed by atoms with Crippen molar-refractivity contribution >= 4 is 0 Å². The minimum absolute atomic E-state index is 0. The number of unbranched alkanes of at least 4 members (excludes halogenated alkanes) is 1. The van der Waals surface area contributed by atoms with Crippen LogP contribution in [-0.4, -0.2) is 26.6 Å². The fourth-order valence-electron chi connectivity index (χ4n) is 0.586. The van der Waals surface area contributed by atoms with Crippen LogP contribution < -0.4 is 10.8 Å². The smallest absolute Gasteiger partial charge is 0.398 e. The van der Waals surface area contributed by atoms with E-state index in [0.29, 0.717) is 20.0 Å². The van der Waals surface area contributed by atoms with Crippen LogP contribution in [0.5, 0.6) is 0 Å². The molecule has 2 N–H and O–H groups in total. The largest absolute Gasteiger partial charge is 2.00 e. The van der Waals surface area contributed by atoms with Crippen molar-refractivity contribution in [1.82, 2.24) is 10.8 Å². The zero-order valence-corrected chi connectivity index (χ0v) is 12.1. The molecule has 0 aromatic rings. The van der Waals surface area contributed by atoms with Gasteiger partial charge in [-0.05, 0) is 6.42 Å². The SMILES string of the molecule is [CH2-]COCNCNOCCCC.[CH3-].[W+2]. The first-order chi connectivity index (χ1) is 5.91. The Labute approximate surface area is 102 Å². The van der Waals surface area contributed by atoms with Gasteiger partial charge < -0.3 is 23.9 Å². The zero-order chi connectivity index (χ0) is 9.07. The van der Waals surface area contributed by atoms with E-state index in [2.05, 4.69) is 24.6 Å². The summed E-state index contributed by atoms with van der Waals surface area (Å²) in [4.78, 5) is 5.07. The van der Waals surface area contributed by atoms with Crippen molar-refractivity contribution < 1.29 is 30.6 Å². The summed E-state index contributed by atoms with van der Waals surface area (Å²) in [5.74, 6) is 0. The minimum Gasteiger partial charge on any atom is -0.398 e. The van der Waals surface area contributed by atoms with E-state index in [1.54, 1.807) is 0 Å². The van der Waals surface area contributed by atoms with Gasteiger partial charge in [-0.3, -0.25) is 5.32 Å². The number of hydroxylamine groups is 1. The fourth-order valence-corrected chi connectivity index (χ4v) is 0.586. The molecule has 0 rings (SSSR count). The van der Waals surface area contributed by atoms with Crippen molar-refractivity contribution in [2.24, 2.45) is 0 Å². The number of hydrogen-bond donors (Lipinski definition) is 2. The average Bonchev–Trinajstić information content (AvgIpc) is 2.10. The van der Waals surface area contributed by atoms with Crippen LogP contribution in [-0.2, 0) is 30.6 Å². The van der Waals surface area contributed by atoms with Gasteiger partial charge in [0.2, 0.25) is 0 Å². The van der Waals surface area contributed by atoms with E-state index in [1.807, 2.05) is 0 Å². The summed E-state index contributed by atoms with van der Waals surface area (Å²) in [5, 5.41) is 2.96. The number of ether oxygens (including phenoxy) is 1. The van der Waals surface area contributed by atoms with Gasteiger partial charge in [-0.15, -0.1) is 0 Å². The third kappa shape index (κ3) is 18.3. The molecule has 0 radical (unpaired) electrons. The van der Waals surface area contributed by atoms with Gasteiger partial charge in [-0.25, -0.2) is 0 Å². The van der Waals surface area contributed by atoms with E-state index in [-0.39, 0.29) is 28.5 Å². The molecule has 0 bridgehead atoms. The molecule has 5 heteroatoms. The summed E-state index contributed by atoms with van der Waals surface area (Å²) < 4.78 is 4.94. The quantitative estimate of drug-likeness (QED) is 0.275. The summed E-state index contributed by atoms with van der Waals surface area (Å²) >= 11 is 0. The van der Waals surface area contributed by atoms with Crippen molar-refractivity contribution in [2.45, 2.75) is 19.8 Å². The third-order valence-electron chi connectivity index (χ3n) is 1.25. The number of rotatable bonds is 9. The first kappa shape index (κ1) is 20.0. The molecule has 0 aliphatic heterocycles. The normalized spacial score (nSPS) is 9.00. The number of nitrogens with one attached hydrogen (secondary N) is 2. The summed E-state index contributed by atoms with van der Waals surface area (Å²) in [6, 6.07) is 0. The van der Waals surface area contributed by atoms with E-state index in [1.165, 1.54) is 0 Å². The van der Waals surface area contributed by atoms with E-state index in [4.69, 9.17) is 9.57 Å². The second kappa shape index (κ2) is 19.2. The molecule has 0 aromatic carbocycles. The first-order valence-electron chi connectivity index (χ1n) is 4.34. The zero-order valence-electron chi connectivity index (χ0n) is 9.17. The Bertz CT molecular complexity index is 77.2. The van der Waals surface area contributed by atoms with Crippen LogP contribution in [0.3, 0.4) is 0 Å². The number of hydrogen-bond acceptors (Lipinski definition) is 4. The van der Waals surface area contributed by atoms with Crippen LogP contribution in [0.1, 0.15) is 19.8 Å². The van der Waals surface area contributed by atoms with Gasteiger partial charge in [-0.1, -0.05) is 20.0 Å². The van der Waals surface area contributed by atoms with Crippen LogP contribution >= 0.6 is 0 Å². The molecule has 0 aliphatic rings. The summed E-state index contributed by atoms with van der Waals surface area (Å²) in [7, 11) is 0.